The molecule has 19 heavy (non-hydrogen) atoms. The first kappa shape index (κ1) is 14.8. The summed E-state index contributed by atoms with van der Waals surface area (Å²) in [5.74, 6) is 0. The fourth-order valence-electron chi connectivity index (χ4n) is 2.81. The molecule has 0 atom stereocenters. The third-order valence-corrected chi connectivity index (χ3v) is 6.25. The van der Waals surface area contributed by atoms with Gasteiger partial charge in [0, 0.05) is 32.1 Å². The molecular weight excluding hydrogens is 262 g/mol. The van der Waals surface area contributed by atoms with Crippen LogP contribution in [0.3, 0.4) is 0 Å². The van der Waals surface area contributed by atoms with Gasteiger partial charge in [-0.25, -0.2) is 0 Å². The zero-order valence-electron chi connectivity index (χ0n) is 11.6. The second-order valence-electron chi connectivity index (χ2n) is 5.57. The normalized spacial score (nSPS) is 21.8. The molecule has 0 aliphatic heterocycles. The van der Waals surface area contributed by atoms with Crippen molar-refractivity contribution in [3.05, 3.63) is 0 Å². The van der Waals surface area contributed by atoms with Crippen molar-refractivity contribution in [1.82, 2.24) is 8.61 Å². The summed E-state index contributed by atoms with van der Waals surface area (Å²) in [7, 11) is -1.69. The van der Waals surface area contributed by atoms with Crippen LogP contribution in [0.5, 0.6) is 0 Å². The lowest BCUT2D eigenvalue weighted by Gasteiger charge is -2.34. The molecule has 6 heteroatoms. The van der Waals surface area contributed by atoms with Gasteiger partial charge in [-0.3, -0.25) is 0 Å². The molecule has 0 aromatic carbocycles. The molecule has 0 heterocycles. The molecule has 0 aromatic rings. The van der Waals surface area contributed by atoms with E-state index in [1.807, 2.05) is 6.07 Å². The minimum atomic E-state index is -3.39. The molecule has 108 valence electrons. The Morgan fingerprint density at radius 2 is 1.74 bits per heavy atom. The van der Waals surface area contributed by atoms with Crippen molar-refractivity contribution in [1.29, 1.82) is 5.26 Å². The molecule has 0 unspecified atom stereocenters. The van der Waals surface area contributed by atoms with Gasteiger partial charge in [0.1, 0.15) is 0 Å². The van der Waals surface area contributed by atoms with E-state index in [0.29, 0.717) is 6.54 Å². The first-order chi connectivity index (χ1) is 9.07. The fourth-order valence-corrected chi connectivity index (χ4v) is 4.64. The van der Waals surface area contributed by atoms with Crippen LogP contribution < -0.4 is 0 Å². The SMILES string of the molecule is CN(C1CCCCC1)S(=O)(=O)N(CCC#N)C1CC1. The van der Waals surface area contributed by atoms with Crippen LogP contribution in [0.15, 0.2) is 0 Å². The predicted octanol–water partition coefficient (Wildman–Crippen LogP) is 1.87. The monoisotopic (exact) mass is 285 g/mol. The van der Waals surface area contributed by atoms with Crippen molar-refractivity contribution in [2.24, 2.45) is 0 Å². The van der Waals surface area contributed by atoms with E-state index in [0.717, 1.165) is 38.5 Å². The Bertz CT molecular complexity index is 433. The molecule has 0 bridgehead atoms. The van der Waals surface area contributed by atoms with Crippen LogP contribution in [0, 0.1) is 11.3 Å². The van der Waals surface area contributed by atoms with Crippen molar-refractivity contribution in [2.75, 3.05) is 13.6 Å². The zero-order valence-corrected chi connectivity index (χ0v) is 12.4. The third kappa shape index (κ3) is 3.47. The minimum Gasteiger partial charge on any atom is -0.198 e. The lowest BCUT2D eigenvalue weighted by molar-refractivity contribution is 0.261. The molecule has 5 nitrogen and oxygen atoms in total. The maximum atomic E-state index is 12.7. The largest absolute Gasteiger partial charge is 0.282 e. The van der Waals surface area contributed by atoms with E-state index < -0.39 is 10.2 Å². The van der Waals surface area contributed by atoms with Crippen LogP contribution in [0.4, 0.5) is 0 Å². The van der Waals surface area contributed by atoms with E-state index in [1.54, 1.807) is 15.7 Å². The average molecular weight is 285 g/mol. The molecule has 2 aliphatic carbocycles. The molecule has 0 spiro atoms. The van der Waals surface area contributed by atoms with E-state index in [4.69, 9.17) is 5.26 Å². The van der Waals surface area contributed by atoms with E-state index >= 15 is 0 Å². The van der Waals surface area contributed by atoms with Crippen LogP contribution in [-0.2, 0) is 10.2 Å². The molecule has 2 aliphatic rings. The summed E-state index contributed by atoms with van der Waals surface area (Å²) in [4.78, 5) is 0. The molecule has 2 rings (SSSR count). The summed E-state index contributed by atoms with van der Waals surface area (Å²) in [5, 5.41) is 8.69. The zero-order chi connectivity index (χ0) is 13.9. The predicted molar refractivity (Wildman–Crippen MR) is 73.5 cm³/mol. The third-order valence-electron chi connectivity index (χ3n) is 4.15. The van der Waals surface area contributed by atoms with Crippen molar-refractivity contribution in [3.8, 4) is 6.07 Å². The number of hydrogen-bond donors (Lipinski definition) is 0. The maximum absolute atomic E-state index is 12.7. The first-order valence-corrected chi connectivity index (χ1v) is 8.59. The van der Waals surface area contributed by atoms with Crippen LogP contribution in [0.25, 0.3) is 0 Å². The Morgan fingerprint density at radius 1 is 1.11 bits per heavy atom. The van der Waals surface area contributed by atoms with E-state index in [2.05, 4.69) is 0 Å². The van der Waals surface area contributed by atoms with Gasteiger partial charge in [0.25, 0.3) is 10.2 Å². The molecule has 0 amide bonds. The summed E-state index contributed by atoms with van der Waals surface area (Å²) in [6.45, 7) is 0.334. The second-order valence-corrected chi connectivity index (χ2v) is 7.51. The lowest BCUT2D eigenvalue weighted by atomic mass is 9.96. The van der Waals surface area contributed by atoms with Crippen LogP contribution in [-0.4, -0.2) is 42.7 Å². The van der Waals surface area contributed by atoms with E-state index in [9.17, 15) is 8.42 Å². The highest BCUT2D eigenvalue weighted by atomic mass is 32.2. The van der Waals surface area contributed by atoms with Gasteiger partial charge in [-0.1, -0.05) is 19.3 Å². The van der Waals surface area contributed by atoms with Crippen LogP contribution >= 0.6 is 0 Å². The van der Waals surface area contributed by atoms with Crippen LogP contribution in [0.2, 0.25) is 0 Å². The summed E-state index contributed by atoms with van der Waals surface area (Å²) < 4.78 is 28.4. The Labute approximate surface area is 116 Å². The minimum absolute atomic E-state index is 0.129. The Morgan fingerprint density at radius 3 is 2.26 bits per heavy atom. The Kier molecular flexibility index (Phi) is 4.82. The van der Waals surface area contributed by atoms with Gasteiger partial charge in [0.15, 0.2) is 0 Å². The average Bonchev–Trinajstić information content (AvgIpc) is 3.23. The molecule has 0 saturated heterocycles. The standard InChI is InChI=1S/C13H23N3O2S/c1-15(12-6-3-2-4-7-12)19(17,18)16(11-5-10-14)13-8-9-13/h12-13H,2-9,11H2,1H3. The van der Waals surface area contributed by atoms with Crippen molar-refractivity contribution in [3.63, 3.8) is 0 Å². The topological polar surface area (TPSA) is 64.4 Å². The van der Waals surface area contributed by atoms with Gasteiger partial charge in [0.2, 0.25) is 0 Å². The summed E-state index contributed by atoms with van der Waals surface area (Å²) in [6.07, 6.45) is 7.52. The van der Waals surface area contributed by atoms with Gasteiger partial charge in [0.05, 0.1) is 6.07 Å². The highest BCUT2D eigenvalue weighted by molar-refractivity contribution is 7.86. The quantitative estimate of drug-likeness (QED) is 0.748. The van der Waals surface area contributed by atoms with Crippen molar-refractivity contribution in [2.45, 2.75) is 63.5 Å². The second kappa shape index (κ2) is 6.21. The summed E-state index contributed by atoms with van der Waals surface area (Å²) in [5.41, 5.74) is 0. The first-order valence-electron chi connectivity index (χ1n) is 7.19. The number of nitriles is 1. The number of hydrogen-bond acceptors (Lipinski definition) is 3. The Balaban J connectivity index is 2.07. The maximum Gasteiger partial charge on any atom is 0.282 e. The van der Waals surface area contributed by atoms with Gasteiger partial charge in [-0.2, -0.15) is 22.3 Å². The van der Waals surface area contributed by atoms with Gasteiger partial charge in [-0.15, -0.1) is 0 Å². The smallest absolute Gasteiger partial charge is 0.198 e. The molecular formula is C13H23N3O2S. The summed E-state index contributed by atoms with van der Waals surface area (Å²) in [6, 6.07) is 2.32. The Hall–Kier alpha value is -0.640. The molecule has 0 N–H and O–H groups in total. The van der Waals surface area contributed by atoms with Gasteiger partial charge in [-0.05, 0) is 25.7 Å². The van der Waals surface area contributed by atoms with Crippen molar-refractivity contribution >= 4 is 10.2 Å². The number of nitrogens with zero attached hydrogens (tertiary/aromatic N) is 3. The number of rotatable bonds is 6. The van der Waals surface area contributed by atoms with Gasteiger partial charge >= 0.3 is 0 Å². The lowest BCUT2D eigenvalue weighted by Crippen LogP contribution is -2.48. The summed E-state index contributed by atoms with van der Waals surface area (Å²) >= 11 is 0. The molecule has 2 saturated carbocycles. The fraction of sp³-hybridized carbons (Fsp3) is 0.923. The molecule has 2 fully saturated rings. The highest BCUT2D eigenvalue weighted by Gasteiger charge is 2.40. The van der Waals surface area contributed by atoms with Crippen LogP contribution in [0.1, 0.15) is 51.4 Å². The van der Waals surface area contributed by atoms with Gasteiger partial charge < -0.3 is 0 Å². The van der Waals surface area contributed by atoms with E-state index in [-0.39, 0.29) is 18.5 Å². The van der Waals surface area contributed by atoms with E-state index in [1.165, 1.54) is 6.42 Å². The molecule has 0 radical (unpaired) electrons. The molecule has 0 aromatic heterocycles. The highest BCUT2D eigenvalue weighted by Crippen LogP contribution is 2.32. The van der Waals surface area contributed by atoms with Crippen molar-refractivity contribution < 1.29 is 8.42 Å².